The van der Waals surface area contributed by atoms with E-state index in [9.17, 15) is 0 Å². The molecule has 0 amide bonds. The van der Waals surface area contributed by atoms with Gasteiger partial charge >= 0.3 is 0 Å². The number of hydrogen-bond donors (Lipinski definition) is 0. The van der Waals surface area contributed by atoms with Gasteiger partial charge in [-0.25, -0.2) is 0 Å². The molecule has 0 aromatic carbocycles. The smallest absolute Gasteiger partial charge is 0.0589 e. The molecule has 0 radical (unpaired) electrons. The molecule has 0 spiro atoms. The van der Waals surface area contributed by atoms with Crippen molar-refractivity contribution >= 4 is 11.3 Å². The van der Waals surface area contributed by atoms with Crippen LogP contribution in [-0.4, -0.2) is 38.3 Å². The van der Waals surface area contributed by atoms with Gasteiger partial charge in [-0.1, -0.05) is 6.07 Å². The molecule has 0 saturated carbocycles. The minimum atomic E-state index is 0.587. The van der Waals surface area contributed by atoms with Crippen LogP contribution >= 0.6 is 11.3 Å². The van der Waals surface area contributed by atoms with Gasteiger partial charge in [-0.05, 0) is 31.8 Å². The van der Waals surface area contributed by atoms with Crippen molar-refractivity contribution in [2.45, 2.75) is 19.4 Å². The largest absolute Gasteiger partial charge is 0.383 e. The number of hydrogen-bond acceptors (Lipinski definition) is 3. The lowest BCUT2D eigenvalue weighted by Crippen LogP contribution is -2.33. The highest BCUT2D eigenvalue weighted by Gasteiger charge is 2.09. The predicted octanol–water partition coefficient (Wildman–Crippen LogP) is 2.26. The highest BCUT2D eigenvalue weighted by molar-refractivity contribution is 7.09. The van der Waals surface area contributed by atoms with Crippen LogP contribution in [-0.2, 0) is 11.2 Å². The average Bonchev–Trinajstić information content (AvgIpc) is 2.66. The average molecular weight is 213 g/mol. The van der Waals surface area contributed by atoms with E-state index in [4.69, 9.17) is 4.74 Å². The number of ether oxygens (including phenoxy) is 1. The van der Waals surface area contributed by atoms with Gasteiger partial charge < -0.3 is 9.64 Å². The number of methoxy groups -OCH3 is 1. The van der Waals surface area contributed by atoms with Crippen molar-refractivity contribution in [1.82, 2.24) is 4.90 Å². The number of likely N-dealkylation sites (N-methyl/N-ethyl adjacent to an activating group) is 1. The fraction of sp³-hybridized carbons (Fsp3) is 0.636. The molecular weight excluding hydrogens is 194 g/mol. The van der Waals surface area contributed by atoms with Crippen LogP contribution in [0, 0.1) is 0 Å². The summed E-state index contributed by atoms with van der Waals surface area (Å²) in [5.41, 5.74) is 0. The Morgan fingerprint density at radius 2 is 2.36 bits per heavy atom. The van der Waals surface area contributed by atoms with Gasteiger partial charge in [0.1, 0.15) is 0 Å². The minimum Gasteiger partial charge on any atom is -0.383 e. The molecule has 1 aromatic heterocycles. The summed E-state index contributed by atoms with van der Waals surface area (Å²) < 4.78 is 5.06. The zero-order valence-electron chi connectivity index (χ0n) is 9.19. The fourth-order valence-corrected chi connectivity index (χ4v) is 2.16. The van der Waals surface area contributed by atoms with Crippen molar-refractivity contribution < 1.29 is 4.74 Å². The van der Waals surface area contributed by atoms with E-state index >= 15 is 0 Å². The highest BCUT2D eigenvalue weighted by Crippen LogP contribution is 2.13. The number of nitrogens with zero attached hydrogens (tertiary/aromatic N) is 1. The van der Waals surface area contributed by atoms with Crippen LogP contribution in [0.5, 0.6) is 0 Å². The van der Waals surface area contributed by atoms with Crippen LogP contribution in [0.15, 0.2) is 17.5 Å². The molecule has 1 aromatic rings. The van der Waals surface area contributed by atoms with E-state index in [1.54, 1.807) is 7.11 Å². The first kappa shape index (κ1) is 11.7. The van der Waals surface area contributed by atoms with Gasteiger partial charge in [0.2, 0.25) is 0 Å². The summed E-state index contributed by atoms with van der Waals surface area (Å²) in [6.07, 6.45) is 1.14. The molecule has 3 heteroatoms. The van der Waals surface area contributed by atoms with E-state index in [0.717, 1.165) is 19.6 Å². The van der Waals surface area contributed by atoms with Gasteiger partial charge in [-0.15, -0.1) is 11.3 Å². The van der Waals surface area contributed by atoms with E-state index < -0.39 is 0 Å². The molecule has 1 heterocycles. The van der Waals surface area contributed by atoms with Gasteiger partial charge in [0, 0.05) is 24.6 Å². The fourth-order valence-electron chi connectivity index (χ4n) is 1.33. The molecular formula is C11H19NOS. The summed E-state index contributed by atoms with van der Waals surface area (Å²) in [6, 6.07) is 4.90. The zero-order valence-corrected chi connectivity index (χ0v) is 10.0. The predicted molar refractivity (Wildman–Crippen MR) is 62.0 cm³/mol. The first-order chi connectivity index (χ1) is 6.74. The van der Waals surface area contributed by atoms with Gasteiger partial charge in [0.25, 0.3) is 0 Å². The van der Waals surface area contributed by atoms with E-state index in [1.165, 1.54) is 4.88 Å². The molecule has 80 valence electrons. The van der Waals surface area contributed by atoms with Gasteiger partial charge in [0.15, 0.2) is 0 Å². The third kappa shape index (κ3) is 3.78. The summed E-state index contributed by atoms with van der Waals surface area (Å²) in [5.74, 6) is 0. The van der Waals surface area contributed by atoms with E-state index in [2.05, 4.69) is 36.4 Å². The lowest BCUT2D eigenvalue weighted by atomic mass is 10.2. The number of thiophene rings is 1. The van der Waals surface area contributed by atoms with Crippen LogP contribution in [0.4, 0.5) is 0 Å². The molecule has 0 aliphatic heterocycles. The van der Waals surface area contributed by atoms with Crippen LogP contribution in [0.2, 0.25) is 0 Å². The minimum absolute atomic E-state index is 0.587. The maximum atomic E-state index is 5.06. The Bertz CT molecular complexity index is 235. The Hall–Kier alpha value is -0.380. The Balaban J connectivity index is 2.30. The normalized spacial score (nSPS) is 13.4. The Kier molecular flexibility index (Phi) is 5.15. The van der Waals surface area contributed by atoms with E-state index in [-0.39, 0.29) is 0 Å². The summed E-state index contributed by atoms with van der Waals surface area (Å²) >= 11 is 1.83. The first-order valence-corrected chi connectivity index (χ1v) is 5.83. The molecule has 2 nitrogen and oxygen atoms in total. The van der Waals surface area contributed by atoms with Crippen LogP contribution < -0.4 is 0 Å². The molecule has 14 heavy (non-hydrogen) atoms. The first-order valence-electron chi connectivity index (χ1n) is 4.95. The molecule has 0 saturated heterocycles. The monoisotopic (exact) mass is 213 g/mol. The second-order valence-corrected chi connectivity index (χ2v) is 4.64. The third-order valence-corrected chi connectivity index (χ3v) is 3.38. The molecule has 0 fully saturated rings. The van der Waals surface area contributed by atoms with E-state index in [0.29, 0.717) is 6.04 Å². The van der Waals surface area contributed by atoms with Crippen molar-refractivity contribution in [1.29, 1.82) is 0 Å². The molecule has 1 rings (SSSR count). The van der Waals surface area contributed by atoms with Crippen molar-refractivity contribution in [3.63, 3.8) is 0 Å². The van der Waals surface area contributed by atoms with Crippen LogP contribution in [0.25, 0.3) is 0 Å². The Labute approximate surface area is 90.5 Å². The highest BCUT2D eigenvalue weighted by atomic mass is 32.1. The second-order valence-electron chi connectivity index (χ2n) is 3.61. The quantitative estimate of drug-likeness (QED) is 0.718. The maximum absolute atomic E-state index is 5.06. The lowest BCUT2D eigenvalue weighted by molar-refractivity contribution is 0.143. The summed E-state index contributed by atoms with van der Waals surface area (Å²) in [5, 5.41) is 2.14. The van der Waals surface area contributed by atoms with Crippen molar-refractivity contribution in [2.24, 2.45) is 0 Å². The summed E-state index contributed by atoms with van der Waals surface area (Å²) in [7, 11) is 3.90. The van der Waals surface area contributed by atoms with Gasteiger partial charge in [0.05, 0.1) is 6.61 Å². The van der Waals surface area contributed by atoms with E-state index in [1.807, 2.05) is 11.3 Å². The van der Waals surface area contributed by atoms with Crippen molar-refractivity contribution in [3.05, 3.63) is 22.4 Å². The maximum Gasteiger partial charge on any atom is 0.0589 e. The molecule has 1 atom stereocenters. The Morgan fingerprint density at radius 3 is 2.93 bits per heavy atom. The van der Waals surface area contributed by atoms with Crippen LogP contribution in [0.1, 0.15) is 11.8 Å². The molecule has 0 bridgehead atoms. The van der Waals surface area contributed by atoms with Crippen molar-refractivity contribution in [3.8, 4) is 0 Å². The van der Waals surface area contributed by atoms with Gasteiger partial charge in [-0.2, -0.15) is 0 Å². The molecule has 0 aliphatic carbocycles. The van der Waals surface area contributed by atoms with Gasteiger partial charge in [-0.3, -0.25) is 0 Å². The second kappa shape index (κ2) is 6.17. The van der Waals surface area contributed by atoms with Crippen molar-refractivity contribution in [2.75, 3.05) is 27.3 Å². The lowest BCUT2D eigenvalue weighted by Gasteiger charge is -2.23. The topological polar surface area (TPSA) is 12.5 Å². The zero-order chi connectivity index (χ0) is 10.4. The standard InChI is InChI=1S/C11H19NOS/c1-10(12(2)6-7-13-3)9-11-5-4-8-14-11/h4-5,8,10H,6-7,9H2,1-3H3/t10-/m1/s1. The SMILES string of the molecule is COCCN(C)[C@H](C)Cc1cccs1. The molecule has 0 aliphatic rings. The summed E-state index contributed by atoms with van der Waals surface area (Å²) in [6.45, 7) is 4.07. The van der Waals surface area contributed by atoms with Crippen LogP contribution in [0.3, 0.4) is 0 Å². The molecule has 0 N–H and O–H groups in total. The third-order valence-electron chi connectivity index (χ3n) is 2.48. The Morgan fingerprint density at radius 1 is 1.57 bits per heavy atom. The number of rotatable bonds is 6. The molecule has 0 unspecified atom stereocenters. The summed E-state index contributed by atoms with van der Waals surface area (Å²) in [4.78, 5) is 3.80.